The Morgan fingerprint density at radius 1 is 1.20 bits per heavy atom. The zero-order chi connectivity index (χ0) is 16.9. The van der Waals surface area contributed by atoms with Crippen molar-refractivity contribution in [1.82, 2.24) is 10.1 Å². The second-order valence-electron chi connectivity index (χ2n) is 6.08. The fourth-order valence-electron chi connectivity index (χ4n) is 2.90. The molecule has 0 saturated heterocycles. The predicted molar refractivity (Wildman–Crippen MR) is 99.0 cm³/mol. The maximum Gasteiger partial charge on any atom is 0.238 e. The number of carbonyl (C=O) groups excluding carboxylic acids is 1. The normalized spacial score (nSPS) is 15.4. The molecule has 5 rings (SSSR count). The molecule has 0 atom stereocenters. The van der Waals surface area contributed by atoms with Crippen molar-refractivity contribution in [3.63, 3.8) is 0 Å². The summed E-state index contributed by atoms with van der Waals surface area (Å²) in [7, 11) is 0. The third-order valence-corrected chi connectivity index (χ3v) is 6.30. The van der Waals surface area contributed by atoms with E-state index in [9.17, 15) is 4.79 Å². The van der Waals surface area contributed by atoms with Gasteiger partial charge in [0.25, 0.3) is 0 Å². The lowest BCUT2D eigenvalue weighted by atomic mass is 10.0. The molecular weight excluding hydrogens is 354 g/mol. The van der Waals surface area contributed by atoms with Gasteiger partial charge in [-0.1, -0.05) is 34.7 Å². The minimum atomic E-state index is -0.586. The maximum absolute atomic E-state index is 12.8. The number of amides is 1. The summed E-state index contributed by atoms with van der Waals surface area (Å²) in [5.41, 5.74) is 1.01. The van der Waals surface area contributed by atoms with Gasteiger partial charge in [-0.05, 0) is 36.4 Å². The van der Waals surface area contributed by atoms with Crippen LogP contribution in [-0.4, -0.2) is 16.0 Å². The summed E-state index contributed by atoms with van der Waals surface area (Å²) in [6, 6.07) is 13.7. The minimum absolute atomic E-state index is 0.0578. The van der Waals surface area contributed by atoms with E-state index in [1.165, 1.54) is 11.3 Å². The minimum Gasteiger partial charge on any atom is -0.355 e. The van der Waals surface area contributed by atoms with Crippen molar-refractivity contribution < 1.29 is 9.32 Å². The van der Waals surface area contributed by atoms with E-state index in [0.717, 1.165) is 27.9 Å². The first-order chi connectivity index (χ1) is 12.2. The molecule has 0 radical (unpaired) electrons. The van der Waals surface area contributed by atoms with Gasteiger partial charge in [0.15, 0.2) is 10.9 Å². The summed E-state index contributed by atoms with van der Waals surface area (Å²) in [4.78, 5) is 18.3. The molecule has 1 amide bonds. The third-order valence-electron chi connectivity index (χ3n) is 4.46. The Balaban J connectivity index is 1.41. The van der Waals surface area contributed by atoms with E-state index in [1.54, 1.807) is 11.3 Å². The number of carbonyl (C=O) groups is 1. The Morgan fingerprint density at radius 2 is 2.08 bits per heavy atom. The van der Waals surface area contributed by atoms with Crippen LogP contribution in [0.4, 0.5) is 5.13 Å². The fraction of sp³-hybridized carbons (Fsp3) is 0.167. The first-order valence-corrected chi connectivity index (χ1v) is 9.62. The molecule has 0 unspecified atom stereocenters. The lowest BCUT2D eigenvalue weighted by Gasteiger charge is -2.10. The molecule has 5 nitrogen and oxygen atoms in total. The van der Waals surface area contributed by atoms with Crippen LogP contribution in [0.5, 0.6) is 0 Å². The van der Waals surface area contributed by atoms with Gasteiger partial charge in [-0.25, -0.2) is 4.98 Å². The van der Waals surface area contributed by atoms with Gasteiger partial charge in [-0.3, -0.25) is 4.79 Å². The average Bonchev–Trinajstić information content (AvgIpc) is 3.03. The van der Waals surface area contributed by atoms with Gasteiger partial charge in [-0.2, -0.15) is 0 Å². The van der Waals surface area contributed by atoms with Gasteiger partial charge in [0.2, 0.25) is 5.91 Å². The Labute approximate surface area is 151 Å². The standard InChI is InChI=1S/C18H13N3O2S2/c22-16(20-17-19-11-4-1-2-5-13(11)25-17)18(7-8-18)15-10-12(23-21-15)14-6-3-9-24-14/h1-6,9-10H,7-8H2,(H,19,20,22). The number of nitrogens with zero attached hydrogens (tertiary/aromatic N) is 2. The number of rotatable bonds is 4. The number of benzene rings is 1. The molecular formula is C18H13N3O2S2. The zero-order valence-electron chi connectivity index (χ0n) is 13.1. The van der Waals surface area contributed by atoms with E-state index < -0.39 is 5.41 Å². The summed E-state index contributed by atoms with van der Waals surface area (Å²) in [6.07, 6.45) is 1.56. The second-order valence-corrected chi connectivity index (χ2v) is 8.06. The highest BCUT2D eigenvalue weighted by Gasteiger charge is 2.54. The maximum atomic E-state index is 12.8. The molecule has 25 heavy (non-hydrogen) atoms. The van der Waals surface area contributed by atoms with Crippen molar-refractivity contribution in [1.29, 1.82) is 0 Å². The van der Waals surface area contributed by atoms with E-state index in [-0.39, 0.29) is 5.91 Å². The molecule has 3 heterocycles. The number of thiazole rings is 1. The summed E-state index contributed by atoms with van der Waals surface area (Å²) in [5.74, 6) is 0.654. The molecule has 3 aromatic heterocycles. The molecule has 7 heteroatoms. The van der Waals surface area contributed by atoms with Crippen molar-refractivity contribution >= 4 is 43.9 Å². The highest BCUT2D eigenvalue weighted by molar-refractivity contribution is 7.22. The van der Waals surface area contributed by atoms with Crippen molar-refractivity contribution in [3.05, 3.63) is 53.5 Å². The summed E-state index contributed by atoms with van der Waals surface area (Å²) in [5, 5.41) is 9.75. The second kappa shape index (κ2) is 5.50. The molecule has 0 aliphatic heterocycles. The van der Waals surface area contributed by atoms with Crippen LogP contribution >= 0.6 is 22.7 Å². The molecule has 1 aliphatic carbocycles. The van der Waals surface area contributed by atoms with Crippen LogP contribution in [0.2, 0.25) is 0 Å². The van der Waals surface area contributed by atoms with Gasteiger partial charge in [0.05, 0.1) is 26.2 Å². The SMILES string of the molecule is O=C(Nc1nc2ccccc2s1)C1(c2cc(-c3cccs3)on2)CC1. The largest absolute Gasteiger partial charge is 0.355 e. The molecule has 0 bridgehead atoms. The van der Waals surface area contributed by atoms with Gasteiger partial charge >= 0.3 is 0 Å². The molecule has 1 saturated carbocycles. The van der Waals surface area contributed by atoms with E-state index >= 15 is 0 Å². The number of aromatic nitrogens is 2. The number of para-hydroxylation sites is 1. The molecule has 124 valence electrons. The molecule has 0 spiro atoms. The lowest BCUT2D eigenvalue weighted by Crippen LogP contribution is -2.28. The lowest BCUT2D eigenvalue weighted by molar-refractivity contribution is -0.118. The van der Waals surface area contributed by atoms with Crippen LogP contribution in [0.25, 0.3) is 20.9 Å². The van der Waals surface area contributed by atoms with E-state index in [4.69, 9.17) is 4.52 Å². The summed E-state index contributed by atoms with van der Waals surface area (Å²) in [6.45, 7) is 0. The van der Waals surface area contributed by atoms with Crippen molar-refractivity contribution in [2.75, 3.05) is 5.32 Å². The Bertz CT molecular complexity index is 1030. The monoisotopic (exact) mass is 367 g/mol. The van der Waals surface area contributed by atoms with Gasteiger partial charge in [0, 0.05) is 6.07 Å². The Kier molecular flexibility index (Phi) is 3.26. The van der Waals surface area contributed by atoms with E-state index in [0.29, 0.717) is 16.6 Å². The predicted octanol–water partition coefficient (Wildman–Crippen LogP) is 4.68. The van der Waals surface area contributed by atoms with Crippen LogP contribution in [-0.2, 0) is 10.2 Å². The average molecular weight is 367 g/mol. The van der Waals surface area contributed by atoms with Crippen LogP contribution in [0.3, 0.4) is 0 Å². The van der Waals surface area contributed by atoms with Gasteiger partial charge < -0.3 is 9.84 Å². The quantitative estimate of drug-likeness (QED) is 0.568. The number of fused-ring (bicyclic) bond motifs is 1. The first kappa shape index (κ1) is 14.8. The highest BCUT2D eigenvalue weighted by atomic mass is 32.1. The number of anilines is 1. The third kappa shape index (κ3) is 2.47. The molecule has 1 fully saturated rings. The summed E-state index contributed by atoms with van der Waals surface area (Å²) >= 11 is 3.07. The summed E-state index contributed by atoms with van der Waals surface area (Å²) < 4.78 is 6.51. The Hall–Kier alpha value is -2.51. The number of hydrogen-bond acceptors (Lipinski definition) is 6. The molecule has 1 aromatic carbocycles. The number of hydrogen-bond donors (Lipinski definition) is 1. The number of nitrogens with one attached hydrogen (secondary N) is 1. The van der Waals surface area contributed by atoms with Crippen LogP contribution < -0.4 is 5.32 Å². The zero-order valence-corrected chi connectivity index (χ0v) is 14.7. The van der Waals surface area contributed by atoms with Crippen molar-refractivity contribution in [2.24, 2.45) is 0 Å². The van der Waals surface area contributed by atoms with Crippen LogP contribution in [0.1, 0.15) is 18.5 Å². The highest BCUT2D eigenvalue weighted by Crippen LogP contribution is 2.49. The van der Waals surface area contributed by atoms with E-state index in [2.05, 4.69) is 15.5 Å². The smallest absolute Gasteiger partial charge is 0.238 e. The molecule has 1 aliphatic rings. The topological polar surface area (TPSA) is 68.0 Å². The van der Waals surface area contributed by atoms with Crippen molar-refractivity contribution in [2.45, 2.75) is 18.3 Å². The molecule has 1 N–H and O–H groups in total. The van der Waals surface area contributed by atoms with E-state index in [1.807, 2.05) is 47.8 Å². The number of thiophene rings is 1. The van der Waals surface area contributed by atoms with Gasteiger partial charge in [0.1, 0.15) is 0 Å². The molecule has 4 aromatic rings. The van der Waals surface area contributed by atoms with Crippen LogP contribution in [0.15, 0.2) is 52.4 Å². The van der Waals surface area contributed by atoms with Crippen LogP contribution in [0, 0.1) is 0 Å². The Morgan fingerprint density at radius 3 is 2.84 bits per heavy atom. The fourth-order valence-corrected chi connectivity index (χ4v) is 4.44. The van der Waals surface area contributed by atoms with Crippen molar-refractivity contribution in [3.8, 4) is 10.6 Å². The van der Waals surface area contributed by atoms with Gasteiger partial charge in [-0.15, -0.1) is 11.3 Å². The first-order valence-electron chi connectivity index (χ1n) is 7.93.